The van der Waals surface area contributed by atoms with E-state index in [9.17, 15) is 22.8 Å². The molecule has 1 aromatic rings. The molecule has 0 N–H and O–H groups in total. The van der Waals surface area contributed by atoms with Crippen LogP contribution in [0.3, 0.4) is 0 Å². The molecule has 0 aliphatic carbocycles. The van der Waals surface area contributed by atoms with E-state index in [1.165, 1.54) is 35.8 Å². The highest BCUT2D eigenvalue weighted by molar-refractivity contribution is 6.01. The molecular formula is C18H21F3N2O3. The van der Waals surface area contributed by atoms with E-state index in [1.54, 1.807) is 19.2 Å². The SMILES string of the molecule is C=CC(=O)N(C)c1ccc(C(=O)N2CCOC(C(F)(F)F)C2(C)C)cc1. The molecule has 1 fully saturated rings. The molecule has 0 saturated carbocycles. The molecule has 5 nitrogen and oxygen atoms in total. The van der Waals surface area contributed by atoms with E-state index in [4.69, 9.17) is 4.74 Å². The fraction of sp³-hybridized carbons (Fsp3) is 0.444. The van der Waals surface area contributed by atoms with Gasteiger partial charge in [-0.3, -0.25) is 9.59 Å². The Morgan fingerprint density at radius 2 is 1.88 bits per heavy atom. The van der Waals surface area contributed by atoms with Crippen LogP contribution in [0.4, 0.5) is 18.9 Å². The minimum Gasteiger partial charge on any atom is -0.364 e. The summed E-state index contributed by atoms with van der Waals surface area (Å²) in [7, 11) is 1.56. The van der Waals surface area contributed by atoms with Crippen LogP contribution in [0.2, 0.25) is 0 Å². The highest BCUT2D eigenvalue weighted by Crippen LogP contribution is 2.37. The number of rotatable bonds is 3. The van der Waals surface area contributed by atoms with Gasteiger partial charge in [0.2, 0.25) is 5.91 Å². The Hall–Kier alpha value is -2.35. The summed E-state index contributed by atoms with van der Waals surface area (Å²) in [4.78, 5) is 26.9. The third-order valence-electron chi connectivity index (χ3n) is 4.49. The summed E-state index contributed by atoms with van der Waals surface area (Å²) in [5.74, 6) is -0.830. The van der Waals surface area contributed by atoms with Gasteiger partial charge in [0.25, 0.3) is 5.91 Å². The topological polar surface area (TPSA) is 49.9 Å². The summed E-state index contributed by atoms with van der Waals surface area (Å²) >= 11 is 0. The van der Waals surface area contributed by atoms with Gasteiger partial charge in [-0.05, 0) is 44.2 Å². The summed E-state index contributed by atoms with van der Waals surface area (Å²) in [6, 6.07) is 6.09. The predicted octanol–water partition coefficient (Wildman–Crippen LogP) is 3.02. The molecule has 0 radical (unpaired) electrons. The lowest BCUT2D eigenvalue weighted by Crippen LogP contribution is -2.64. The second-order valence-electron chi connectivity index (χ2n) is 6.55. The second-order valence-corrected chi connectivity index (χ2v) is 6.55. The van der Waals surface area contributed by atoms with Gasteiger partial charge in [0.15, 0.2) is 6.10 Å². The molecule has 8 heteroatoms. The Bertz CT molecular complexity index is 699. The van der Waals surface area contributed by atoms with Crippen molar-refractivity contribution in [3.8, 4) is 0 Å². The van der Waals surface area contributed by atoms with Crippen LogP contribution < -0.4 is 4.90 Å². The minimum absolute atomic E-state index is 0.0645. The van der Waals surface area contributed by atoms with Crippen LogP contribution >= 0.6 is 0 Å². The Morgan fingerprint density at radius 3 is 2.38 bits per heavy atom. The quantitative estimate of drug-likeness (QED) is 0.769. The van der Waals surface area contributed by atoms with Crippen LogP contribution in [0.1, 0.15) is 24.2 Å². The van der Waals surface area contributed by atoms with Crippen molar-refractivity contribution >= 4 is 17.5 Å². The molecule has 1 aliphatic heterocycles. The zero-order chi connectivity index (χ0) is 19.7. The zero-order valence-electron chi connectivity index (χ0n) is 14.8. The van der Waals surface area contributed by atoms with Gasteiger partial charge in [-0.1, -0.05) is 6.58 Å². The first-order chi connectivity index (χ1) is 12.0. The maximum absolute atomic E-state index is 13.2. The Kier molecular flexibility index (Phi) is 5.46. The predicted molar refractivity (Wildman–Crippen MR) is 91.0 cm³/mol. The van der Waals surface area contributed by atoms with Gasteiger partial charge in [-0.25, -0.2) is 0 Å². The lowest BCUT2D eigenvalue weighted by atomic mass is 9.91. The van der Waals surface area contributed by atoms with Crippen LogP contribution in [0.25, 0.3) is 0 Å². The fourth-order valence-corrected chi connectivity index (χ4v) is 3.00. The summed E-state index contributed by atoms with van der Waals surface area (Å²) in [5.41, 5.74) is -0.757. The second kappa shape index (κ2) is 7.11. The molecule has 0 bridgehead atoms. The number of benzene rings is 1. The number of morpholine rings is 1. The Labute approximate surface area is 150 Å². The molecule has 1 aromatic carbocycles. The first-order valence-electron chi connectivity index (χ1n) is 8.00. The standard InChI is InChI=1S/C18H21F3N2O3/c1-5-14(24)22(4)13-8-6-12(7-9-13)15(25)23-10-11-26-16(17(23,2)3)18(19,20)21/h5-9,16H,1,10-11H2,2-4H3. The first kappa shape index (κ1) is 20.0. The van der Waals surface area contributed by atoms with E-state index in [0.29, 0.717) is 5.69 Å². The minimum atomic E-state index is -4.57. The van der Waals surface area contributed by atoms with E-state index in [0.717, 1.165) is 6.08 Å². The zero-order valence-corrected chi connectivity index (χ0v) is 14.8. The number of likely N-dealkylation sites (N-methyl/N-ethyl adjacent to an activating group) is 1. The van der Waals surface area contributed by atoms with Crippen molar-refractivity contribution in [2.24, 2.45) is 0 Å². The smallest absolute Gasteiger partial charge is 0.364 e. The summed E-state index contributed by atoms with van der Waals surface area (Å²) in [6.07, 6.45) is -5.46. The highest BCUT2D eigenvalue weighted by atomic mass is 19.4. The number of carbonyl (C=O) groups is 2. The van der Waals surface area contributed by atoms with Crippen molar-refractivity contribution in [1.82, 2.24) is 4.90 Å². The summed E-state index contributed by atoms with van der Waals surface area (Å²) < 4.78 is 44.5. The van der Waals surface area contributed by atoms with Gasteiger partial charge in [0.1, 0.15) is 0 Å². The van der Waals surface area contributed by atoms with E-state index < -0.39 is 23.7 Å². The molecule has 1 saturated heterocycles. The van der Waals surface area contributed by atoms with Crippen LogP contribution in [0.5, 0.6) is 0 Å². The third-order valence-corrected chi connectivity index (χ3v) is 4.49. The molecule has 1 atom stereocenters. The lowest BCUT2D eigenvalue weighted by Gasteiger charge is -2.47. The van der Waals surface area contributed by atoms with E-state index >= 15 is 0 Å². The van der Waals surface area contributed by atoms with Crippen molar-refractivity contribution in [2.45, 2.75) is 31.7 Å². The van der Waals surface area contributed by atoms with Gasteiger partial charge in [0.05, 0.1) is 12.1 Å². The maximum atomic E-state index is 13.2. The molecule has 1 unspecified atom stereocenters. The highest BCUT2D eigenvalue weighted by Gasteiger charge is 2.55. The number of ether oxygens (including phenoxy) is 1. The van der Waals surface area contributed by atoms with Crippen LogP contribution in [-0.2, 0) is 9.53 Å². The van der Waals surface area contributed by atoms with Gasteiger partial charge >= 0.3 is 6.18 Å². The monoisotopic (exact) mass is 370 g/mol. The number of nitrogens with zero attached hydrogens (tertiary/aromatic N) is 2. The number of halogens is 3. The molecule has 0 aromatic heterocycles. The van der Waals surface area contributed by atoms with E-state index in [2.05, 4.69) is 6.58 Å². The Morgan fingerprint density at radius 1 is 1.31 bits per heavy atom. The average molecular weight is 370 g/mol. The van der Waals surface area contributed by atoms with Gasteiger partial charge < -0.3 is 14.5 Å². The van der Waals surface area contributed by atoms with Crippen LogP contribution in [0, 0.1) is 0 Å². The number of hydrogen-bond acceptors (Lipinski definition) is 3. The molecule has 142 valence electrons. The third kappa shape index (κ3) is 3.75. The number of amides is 2. The maximum Gasteiger partial charge on any atom is 0.416 e. The first-order valence-corrected chi connectivity index (χ1v) is 8.00. The largest absolute Gasteiger partial charge is 0.416 e. The molecule has 1 aliphatic rings. The summed E-state index contributed by atoms with van der Waals surface area (Å²) in [6.45, 7) is 5.96. The molecule has 0 spiro atoms. The van der Waals surface area contributed by atoms with Crippen molar-refractivity contribution < 1.29 is 27.5 Å². The molecule has 2 amide bonds. The molecule has 1 heterocycles. The van der Waals surface area contributed by atoms with Gasteiger partial charge in [-0.15, -0.1) is 0 Å². The number of hydrogen-bond donors (Lipinski definition) is 0. The summed E-state index contributed by atoms with van der Waals surface area (Å²) in [5, 5.41) is 0. The number of alkyl halides is 3. The molecule has 26 heavy (non-hydrogen) atoms. The van der Waals surface area contributed by atoms with Gasteiger partial charge in [-0.2, -0.15) is 13.2 Å². The molecular weight excluding hydrogens is 349 g/mol. The van der Waals surface area contributed by atoms with E-state index in [1.807, 2.05) is 0 Å². The average Bonchev–Trinajstić information content (AvgIpc) is 2.58. The van der Waals surface area contributed by atoms with E-state index in [-0.39, 0.29) is 24.6 Å². The van der Waals surface area contributed by atoms with Crippen molar-refractivity contribution in [3.05, 3.63) is 42.5 Å². The normalized spacial score (nSPS) is 19.8. The molecule has 2 rings (SSSR count). The van der Waals surface area contributed by atoms with Crippen LogP contribution in [-0.4, -0.2) is 54.7 Å². The van der Waals surface area contributed by atoms with Crippen LogP contribution in [0.15, 0.2) is 36.9 Å². The van der Waals surface area contributed by atoms with Crippen molar-refractivity contribution in [1.29, 1.82) is 0 Å². The number of carbonyl (C=O) groups excluding carboxylic acids is 2. The van der Waals surface area contributed by atoms with Gasteiger partial charge in [0, 0.05) is 24.8 Å². The van der Waals surface area contributed by atoms with Crippen molar-refractivity contribution in [3.63, 3.8) is 0 Å². The Balaban J connectivity index is 2.25. The lowest BCUT2D eigenvalue weighted by molar-refractivity contribution is -0.265. The fourth-order valence-electron chi connectivity index (χ4n) is 3.00. The number of anilines is 1. The van der Waals surface area contributed by atoms with Crippen molar-refractivity contribution in [2.75, 3.05) is 25.1 Å².